The number of carboxylic acid groups (broad SMARTS) is 1. The summed E-state index contributed by atoms with van der Waals surface area (Å²) in [4.78, 5) is 23.2. The van der Waals surface area contributed by atoms with E-state index in [1.54, 1.807) is 0 Å². The lowest BCUT2D eigenvalue weighted by atomic mass is 10.0. The van der Waals surface area contributed by atoms with E-state index in [4.69, 9.17) is 9.84 Å². The zero-order valence-electron chi connectivity index (χ0n) is 23.4. The minimum Gasteiger partial charge on any atom is -0.481 e. The Morgan fingerprint density at radius 1 is 0.600 bits per heavy atom. The number of unbranched alkanes of at least 4 members (excludes halogenated alkanes) is 17. The number of allylic oxidation sites excluding steroid dienone is 2. The van der Waals surface area contributed by atoms with Crippen LogP contribution in [0.4, 0.5) is 0 Å². The minimum atomic E-state index is -0.815. The summed E-state index contributed by atoms with van der Waals surface area (Å²) in [5, 5.41) is 9.01. The molecule has 0 saturated carbocycles. The van der Waals surface area contributed by atoms with E-state index in [2.05, 4.69) is 26.0 Å². The summed E-state index contributed by atoms with van der Waals surface area (Å²) in [6.07, 6.45) is 30.7. The SMILES string of the molecule is CCCCCC/C=C\CCCCCCCCC(=O)OC(CCCCCCCCCC)CCC(=O)O. The summed E-state index contributed by atoms with van der Waals surface area (Å²) >= 11 is 0. The van der Waals surface area contributed by atoms with Gasteiger partial charge in [0.05, 0.1) is 0 Å². The van der Waals surface area contributed by atoms with Gasteiger partial charge >= 0.3 is 11.9 Å². The molecule has 4 heteroatoms. The average molecular weight is 495 g/mol. The van der Waals surface area contributed by atoms with Crippen molar-refractivity contribution in [2.75, 3.05) is 0 Å². The van der Waals surface area contributed by atoms with Crippen LogP contribution in [0.2, 0.25) is 0 Å². The Morgan fingerprint density at radius 2 is 1.06 bits per heavy atom. The summed E-state index contributed by atoms with van der Waals surface area (Å²) < 4.78 is 5.66. The molecular weight excluding hydrogens is 436 g/mol. The van der Waals surface area contributed by atoms with Crippen LogP contribution >= 0.6 is 0 Å². The fourth-order valence-corrected chi connectivity index (χ4v) is 4.46. The van der Waals surface area contributed by atoms with Crippen molar-refractivity contribution in [1.29, 1.82) is 0 Å². The molecule has 0 spiro atoms. The van der Waals surface area contributed by atoms with Gasteiger partial charge in [-0.3, -0.25) is 9.59 Å². The van der Waals surface area contributed by atoms with Gasteiger partial charge in [-0.25, -0.2) is 0 Å². The molecule has 4 nitrogen and oxygen atoms in total. The summed E-state index contributed by atoms with van der Waals surface area (Å²) in [5.41, 5.74) is 0. The highest BCUT2D eigenvalue weighted by Gasteiger charge is 2.15. The van der Waals surface area contributed by atoms with Crippen LogP contribution in [0.5, 0.6) is 0 Å². The van der Waals surface area contributed by atoms with Crippen molar-refractivity contribution in [2.45, 2.75) is 174 Å². The van der Waals surface area contributed by atoms with Crippen molar-refractivity contribution in [3.63, 3.8) is 0 Å². The molecule has 0 fully saturated rings. The van der Waals surface area contributed by atoms with Crippen LogP contribution in [0.15, 0.2) is 12.2 Å². The van der Waals surface area contributed by atoms with Gasteiger partial charge in [-0.1, -0.05) is 116 Å². The molecule has 1 N–H and O–H groups in total. The van der Waals surface area contributed by atoms with Crippen LogP contribution in [0.3, 0.4) is 0 Å². The lowest BCUT2D eigenvalue weighted by molar-refractivity contribution is -0.151. The van der Waals surface area contributed by atoms with Gasteiger partial charge < -0.3 is 9.84 Å². The van der Waals surface area contributed by atoms with Crippen molar-refractivity contribution in [3.05, 3.63) is 12.2 Å². The molecule has 0 aromatic heterocycles. The van der Waals surface area contributed by atoms with E-state index >= 15 is 0 Å². The Labute approximate surface area is 217 Å². The number of hydrogen-bond donors (Lipinski definition) is 1. The first-order chi connectivity index (χ1) is 17.1. The fraction of sp³-hybridized carbons (Fsp3) is 0.871. The van der Waals surface area contributed by atoms with Gasteiger partial charge in [0.15, 0.2) is 0 Å². The van der Waals surface area contributed by atoms with Crippen molar-refractivity contribution in [2.24, 2.45) is 0 Å². The van der Waals surface area contributed by atoms with Crippen LogP contribution in [-0.4, -0.2) is 23.1 Å². The van der Waals surface area contributed by atoms with Crippen LogP contribution in [0.1, 0.15) is 168 Å². The normalized spacial score (nSPS) is 12.3. The van der Waals surface area contributed by atoms with Crippen molar-refractivity contribution in [3.8, 4) is 0 Å². The first-order valence-electron chi connectivity index (χ1n) is 15.2. The van der Waals surface area contributed by atoms with E-state index in [-0.39, 0.29) is 18.5 Å². The first-order valence-corrected chi connectivity index (χ1v) is 15.2. The number of hydrogen-bond acceptors (Lipinski definition) is 3. The van der Waals surface area contributed by atoms with Crippen molar-refractivity contribution >= 4 is 11.9 Å². The van der Waals surface area contributed by atoms with Gasteiger partial charge in [-0.05, 0) is 51.4 Å². The average Bonchev–Trinajstić information content (AvgIpc) is 2.84. The molecule has 0 aliphatic carbocycles. The Bertz CT molecular complexity index is 500. The second-order valence-corrected chi connectivity index (χ2v) is 10.3. The Hall–Kier alpha value is -1.32. The summed E-state index contributed by atoms with van der Waals surface area (Å²) in [6.45, 7) is 4.48. The lowest BCUT2D eigenvalue weighted by Crippen LogP contribution is -2.19. The highest BCUT2D eigenvalue weighted by atomic mass is 16.5. The largest absolute Gasteiger partial charge is 0.481 e. The molecule has 1 atom stereocenters. The number of esters is 1. The van der Waals surface area contributed by atoms with Crippen LogP contribution in [0, 0.1) is 0 Å². The molecule has 0 amide bonds. The Kier molecular flexibility index (Phi) is 26.2. The fourth-order valence-electron chi connectivity index (χ4n) is 4.46. The van der Waals surface area contributed by atoms with Gasteiger partial charge in [0.25, 0.3) is 0 Å². The molecule has 0 radical (unpaired) electrons. The number of rotatable bonds is 27. The molecule has 0 aromatic rings. The van der Waals surface area contributed by atoms with Gasteiger partial charge in [0.1, 0.15) is 6.10 Å². The number of carbonyl (C=O) groups is 2. The molecule has 0 bridgehead atoms. The zero-order valence-corrected chi connectivity index (χ0v) is 23.4. The molecule has 0 saturated heterocycles. The Balaban J connectivity index is 3.77. The maximum absolute atomic E-state index is 12.3. The zero-order chi connectivity index (χ0) is 25.8. The summed E-state index contributed by atoms with van der Waals surface area (Å²) in [5.74, 6) is -0.964. The van der Waals surface area contributed by atoms with E-state index in [0.717, 1.165) is 32.1 Å². The number of carboxylic acids is 1. The van der Waals surface area contributed by atoms with E-state index < -0.39 is 5.97 Å². The predicted octanol–water partition coefficient (Wildman–Crippen LogP) is 9.94. The number of carbonyl (C=O) groups excluding carboxylic acids is 1. The third-order valence-corrected chi connectivity index (χ3v) is 6.75. The third kappa shape index (κ3) is 27.1. The van der Waals surface area contributed by atoms with Gasteiger partial charge in [0, 0.05) is 12.8 Å². The monoisotopic (exact) mass is 494 g/mol. The molecule has 0 aromatic carbocycles. The molecule has 1 unspecified atom stereocenters. The first kappa shape index (κ1) is 33.7. The second-order valence-electron chi connectivity index (χ2n) is 10.3. The summed E-state index contributed by atoms with van der Waals surface area (Å²) in [7, 11) is 0. The van der Waals surface area contributed by atoms with Crippen molar-refractivity contribution in [1.82, 2.24) is 0 Å². The molecule has 35 heavy (non-hydrogen) atoms. The molecule has 0 rings (SSSR count). The maximum atomic E-state index is 12.3. The standard InChI is InChI=1S/C31H58O4/c1-3-5-7-9-11-13-14-15-16-17-18-20-22-24-26-31(34)35-29(27-28-30(32)33)25-23-21-19-12-10-8-6-4-2/h13-14,29H,3-12,15-28H2,1-2H3,(H,32,33)/b14-13-. The molecule has 0 heterocycles. The van der Waals surface area contributed by atoms with Gasteiger partial charge in [0.2, 0.25) is 0 Å². The maximum Gasteiger partial charge on any atom is 0.306 e. The molecular formula is C31H58O4. The molecule has 0 aliphatic heterocycles. The highest BCUT2D eigenvalue weighted by Crippen LogP contribution is 2.17. The second kappa shape index (κ2) is 27.3. The summed E-state index contributed by atoms with van der Waals surface area (Å²) in [6, 6.07) is 0. The van der Waals surface area contributed by atoms with Crippen molar-refractivity contribution < 1.29 is 19.4 Å². The van der Waals surface area contributed by atoms with E-state index in [1.165, 1.54) is 103 Å². The molecule has 0 aliphatic rings. The van der Waals surface area contributed by atoms with E-state index in [1.807, 2.05) is 0 Å². The van der Waals surface area contributed by atoms with E-state index in [9.17, 15) is 9.59 Å². The van der Waals surface area contributed by atoms with Crippen LogP contribution in [-0.2, 0) is 14.3 Å². The van der Waals surface area contributed by atoms with Gasteiger partial charge in [-0.15, -0.1) is 0 Å². The van der Waals surface area contributed by atoms with Gasteiger partial charge in [-0.2, -0.15) is 0 Å². The third-order valence-electron chi connectivity index (χ3n) is 6.75. The smallest absolute Gasteiger partial charge is 0.306 e. The highest BCUT2D eigenvalue weighted by molar-refractivity contribution is 5.69. The number of aliphatic carboxylic acids is 1. The number of ether oxygens (including phenoxy) is 1. The topological polar surface area (TPSA) is 63.6 Å². The van der Waals surface area contributed by atoms with Crippen LogP contribution < -0.4 is 0 Å². The molecule has 206 valence electrons. The Morgan fingerprint density at radius 3 is 1.60 bits per heavy atom. The van der Waals surface area contributed by atoms with E-state index in [0.29, 0.717) is 12.8 Å². The van der Waals surface area contributed by atoms with Crippen LogP contribution in [0.25, 0.3) is 0 Å². The lowest BCUT2D eigenvalue weighted by Gasteiger charge is -2.17. The quantitative estimate of drug-likeness (QED) is 0.0701. The minimum absolute atomic E-state index is 0.0724. The predicted molar refractivity (Wildman–Crippen MR) is 149 cm³/mol.